The van der Waals surface area contributed by atoms with Gasteiger partial charge in [0.1, 0.15) is 0 Å². The topological polar surface area (TPSA) is 94.0 Å². The van der Waals surface area contributed by atoms with E-state index in [1.54, 1.807) is 0 Å². The second-order valence-electron chi connectivity index (χ2n) is 5.03. The van der Waals surface area contributed by atoms with E-state index in [2.05, 4.69) is 15.5 Å². The van der Waals surface area contributed by atoms with Gasteiger partial charge in [0, 0.05) is 24.9 Å². The van der Waals surface area contributed by atoms with Gasteiger partial charge < -0.3 is 15.6 Å². The van der Waals surface area contributed by atoms with Crippen LogP contribution in [0, 0.1) is 0 Å². The molecule has 6 heteroatoms. The lowest BCUT2D eigenvalue weighted by Crippen LogP contribution is -2.46. The highest BCUT2D eigenvalue weighted by Gasteiger charge is 2.29. The summed E-state index contributed by atoms with van der Waals surface area (Å²) in [5.41, 5.74) is 5.93. The van der Waals surface area contributed by atoms with Crippen LogP contribution >= 0.6 is 0 Å². The van der Waals surface area contributed by atoms with Crippen LogP contribution in [0.2, 0.25) is 0 Å². The largest absolute Gasteiger partial charge is 0.356 e. The maximum atomic E-state index is 11.8. The van der Waals surface area contributed by atoms with Crippen molar-refractivity contribution in [2.45, 2.75) is 50.5 Å². The Bertz CT molecular complexity index is 371. The van der Waals surface area contributed by atoms with Gasteiger partial charge in [0.25, 0.3) is 0 Å². The molecule has 18 heavy (non-hydrogen) atoms. The molecular formula is C12H20N4O2. The molecule has 0 atom stereocenters. The van der Waals surface area contributed by atoms with Crippen molar-refractivity contribution in [3.05, 3.63) is 12.2 Å². The fraction of sp³-hybridized carbons (Fsp3) is 0.750. The van der Waals surface area contributed by atoms with Crippen molar-refractivity contribution in [2.75, 3.05) is 6.54 Å². The predicted octanol–water partition coefficient (Wildman–Crippen LogP) is 0.780. The molecule has 100 valence electrons. The lowest BCUT2D eigenvalue weighted by atomic mass is 9.80. The molecule has 1 aliphatic carbocycles. The molecule has 0 radical (unpaired) electrons. The van der Waals surface area contributed by atoms with E-state index >= 15 is 0 Å². The molecule has 2 rings (SSSR count). The van der Waals surface area contributed by atoms with Gasteiger partial charge in [-0.2, -0.15) is 4.98 Å². The Morgan fingerprint density at radius 3 is 2.89 bits per heavy atom. The Kier molecular flexibility index (Phi) is 4.30. The second kappa shape index (κ2) is 5.95. The molecule has 0 bridgehead atoms. The van der Waals surface area contributed by atoms with Crippen molar-refractivity contribution in [3.63, 3.8) is 0 Å². The molecule has 1 saturated carbocycles. The van der Waals surface area contributed by atoms with Crippen molar-refractivity contribution in [1.82, 2.24) is 15.5 Å². The highest BCUT2D eigenvalue weighted by atomic mass is 16.5. The van der Waals surface area contributed by atoms with Crippen LogP contribution < -0.4 is 11.1 Å². The average molecular weight is 252 g/mol. The van der Waals surface area contributed by atoms with E-state index in [9.17, 15) is 4.79 Å². The molecule has 1 aromatic heterocycles. The summed E-state index contributed by atoms with van der Waals surface area (Å²) >= 11 is 0. The first-order valence-corrected chi connectivity index (χ1v) is 6.49. The van der Waals surface area contributed by atoms with Crippen molar-refractivity contribution >= 4 is 5.91 Å². The molecule has 6 nitrogen and oxygen atoms in total. The first-order chi connectivity index (χ1) is 8.68. The summed E-state index contributed by atoms with van der Waals surface area (Å²) in [5.74, 6) is 0.550. The fourth-order valence-electron chi connectivity index (χ4n) is 2.43. The number of hydrogen-bond donors (Lipinski definition) is 2. The highest BCUT2D eigenvalue weighted by Crippen LogP contribution is 2.28. The molecule has 1 aliphatic rings. The summed E-state index contributed by atoms with van der Waals surface area (Å²) in [6.45, 7) is 0.511. The van der Waals surface area contributed by atoms with Gasteiger partial charge in [-0.3, -0.25) is 4.79 Å². The van der Waals surface area contributed by atoms with Crippen LogP contribution in [0.5, 0.6) is 0 Å². The number of rotatable bonds is 5. The fourth-order valence-corrected chi connectivity index (χ4v) is 2.43. The first-order valence-electron chi connectivity index (χ1n) is 6.49. The Labute approximate surface area is 106 Å². The summed E-state index contributed by atoms with van der Waals surface area (Å²) in [7, 11) is 0. The van der Waals surface area contributed by atoms with Crippen LogP contribution in [0.3, 0.4) is 0 Å². The summed E-state index contributed by atoms with van der Waals surface area (Å²) in [5, 5.41) is 6.35. The molecule has 0 saturated heterocycles. The van der Waals surface area contributed by atoms with E-state index in [1.807, 2.05) is 0 Å². The van der Waals surface area contributed by atoms with Gasteiger partial charge in [0.15, 0.2) is 6.33 Å². The van der Waals surface area contributed by atoms with Crippen molar-refractivity contribution in [2.24, 2.45) is 5.73 Å². The molecule has 1 heterocycles. The van der Waals surface area contributed by atoms with Gasteiger partial charge in [0.2, 0.25) is 11.8 Å². The lowest BCUT2D eigenvalue weighted by molar-refractivity contribution is -0.122. The smallest absolute Gasteiger partial charge is 0.228 e. The minimum Gasteiger partial charge on any atom is -0.356 e. The zero-order valence-corrected chi connectivity index (χ0v) is 10.5. The normalized spacial score (nSPS) is 18.5. The molecule has 1 aromatic rings. The van der Waals surface area contributed by atoms with E-state index in [0.717, 1.165) is 25.7 Å². The van der Waals surface area contributed by atoms with E-state index < -0.39 is 0 Å². The molecule has 1 amide bonds. The third-order valence-corrected chi connectivity index (χ3v) is 3.43. The van der Waals surface area contributed by atoms with Gasteiger partial charge in [-0.25, -0.2) is 0 Å². The number of carbonyl (C=O) groups is 1. The molecule has 0 aliphatic heterocycles. The quantitative estimate of drug-likeness (QED) is 0.807. The van der Waals surface area contributed by atoms with Crippen molar-refractivity contribution in [3.8, 4) is 0 Å². The van der Waals surface area contributed by atoms with Gasteiger partial charge in [-0.15, -0.1) is 0 Å². The molecular weight excluding hydrogens is 232 g/mol. The zero-order valence-electron chi connectivity index (χ0n) is 10.5. The number of nitrogens with one attached hydrogen (secondary N) is 1. The number of hydrogen-bond acceptors (Lipinski definition) is 5. The van der Waals surface area contributed by atoms with E-state index in [-0.39, 0.29) is 11.4 Å². The van der Waals surface area contributed by atoms with Crippen LogP contribution in [0.4, 0.5) is 0 Å². The Hall–Kier alpha value is -1.43. The summed E-state index contributed by atoms with van der Waals surface area (Å²) < 4.78 is 4.85. The maximum Gasteiger partial charge on any atom is 0.228 e. The third-order valence-electron chi connectivity index (χ3n) is 3.43. The number of carbonyl (C=O) groups excluding carboxylic acids is 1. The van der Waals surface area contributed by atoms with Crippen LogP contribution in [0.25, 0.3) is 0 Å². The summed E-state index contributed by atoms with van der Waals surface area (Å²) in [6, 6.07) is 0. The van der Waals surface area contributed by atoms with E-state index in [4.69, 9.17) is 10.3 Å². The molecule has 0 aromatic carbocycles. The third kappa shape index (κ3) is 3.80. The monoisotopic (exact) mass is 252 g/mol. The van der Waals surface area contributed by atoms with Gasteiger partial charge in [0.05, 0.1) is 0 Å². The van der Waals surface area contributed by atoms with Crippen LogP contribution in [-0.2, 0) is 11.2 Å². The average Bonchev–Trinajstić information content (AvgIpc) is 2.82. The highest BCUT2D eigenvalue weighted by molar-refractivity contribution is 5.77. The van der Waals surface area contributed by atoms with Crippen LogP contribution in [0.15, 0.2) is 10.9 Å². The second-order valence-corrected chi connectivity index (χ2v) is 5.03. The Morgan fingerprint density at radius 2 is 2.22 bits per heavy atom. The van der Waals surface area contributed by atoms with Crippen LogP contribution in [0.1, 0.15) is 44.4 Å². The minimum absolute atomic E-state index is 0.0129. The number of nitrogens with two attached hydrogens (primary N) is 1. The molecule has 1 fully saturated rings. The summed E-state index contributed by atoms with van der Waals surface area (Å²) in [6.07, 6.45) is 7.72. The number of nitrogens with zero attached hydrogens (tertiary/aromatic N) is 2. The number of amides is 1. The van der Waals surface area contributed by atoms with Gasteiger partial charge >= 0.3 is 0 Å². The lowest BCUT2D eigenvalue weighted by Gasteiger charge is -2.32. The minimum atomic E-state index is -0.299. The van der Waals surface area contributed by atoms with E-state index in [1.165, 1.54) is 12.7 Å². The van der Waals surface area contributed by atoms with Gasteiger partial charge in [-0.05, 0) is 12.8 Å². The molecule has 0 unspecified atom stereocenters. The number of aromatic nitrogens is 2. The standard InChI is InChI=1S/C12H20N4O2/c13-12(5-2-1-3-6-12)8-10(17)14-7-4-11-15-9-16-18-11/h9H,1-8,13H2,(H,14,17). The molecule has 0 spiro atoms. The SMILES string of the molecule is NC1(CC(=O)NCCc2ncno2)CCCCC1. The Morgan fingerprint density at radius 1 is 1.44 bits per heavy atom. The summed E-state index contributed by atoms with van der Waals surface area (Å²) in [4.78, 5) is 15.7. The predicted molar refractivity (Wildman–Crippen MR) is 65.6 cm³/mol. The van der Waals surface area contributed by atoms with Crippen LogP contribution in [-0.4, -0.2) is 28.1 Å². The van der Waals surface area contributed by atoms with Crippen molar-refractivity contribution < 1.29 is 9.32 Å². The zero-order chi connectivity index (χ0) is 12.8. The Balaban J connectivity index is 1.68. The van der Waals surface area contributed by atoms with Gasteiger partial charge in [-0.1, -0.05) is 24.4 Å². The maximum absolute atomic E-state index is 11.8. The van der Waals surface area contributed by atoms with E-state index in [0.29, 0.717) is 25.3 Å². The van der Waals surface area contributed by atoms with Crippen molar-refractivity contribution in [1.29, 1.82) is 0 Å². The first kappa shape index (κ1) is 13.0. The molecule has 3 N–H and O–H groups in total.